The van der Waals surface area contributed by atoms with E-state index in [2.05, 4.69) is 26.2 Å². The number of hydrogen-bond acceptors (Lipinski definition) is 3. The van der Waals surface area contributed by atoms with Crippen LogP contribution in [-0.2, 0) is 6.54 Å². The summed E-state index contributed by atoms with van der Waals surface area (Å²) < 4.78 is 19.9. The Balaban J connectivity index is 1.70. The van der Waals surface area contributed by atoms with Gasteiger partial charge >= 0.3 is 0 Å². The molecule has 1 aromatic carbocycles. The molecule has 1 aliphatic carbocycles. The van der Waals surface area contributed by atoms with Crippen LogP contribution >= 0.6 is 15.9 Å². The molecule has 1 fully saturated rings. The first-order valence-electron chi connectivity index (χ1n) is 6.52. The zero-order chi connectivity index (χ0) is 13.9. The summed E-state index contributed by atoms with van der Waals surface area (Å²) in [5, 5.41) is 3.42. The first kappa shape index (κ1) is 13.5. The third-order valence-electron chi connectivity index (χ3n) is 3.08. The van der Waals surface area contributed by atoms with Crippen molar-refractivity contribution in [1.29, 1.82) is 0 Å². The Kier molecular flexibility index (Phi) is 3.98. The highest BCUT2D eigenvalue weighted by atomic mass is 79.9. The number of rotatable bonds is 5. The Hall–Kier alpha value is -1.46. The minimum absolute atomic E-state index is 0.174. The summed E-state index contributed by atoms with van der Waals surface area (Å²) in [5.41, 5.74) is 1.08. The molecule has 0 radical (unpaired) electrons. The molecule has 1 N–H and O–H groups in total. The lowest BCUT2D eigenvalue weighted by atomic mass is 10.2. The van der Waals surface area contributed by atoms with Crippen molar-refractivity contribution >= 4 is 15.9 Å². The highest BCUT2D eigenvalue weighted by molar-refractivity contribution is 9.10. The highest BCUT2D eigenvalue weighted by Crippen LogP contribution is 2.26. The van der Waals surface area contributed by atoms with Crippen LogP contribution in [0.15, 0.2) is 41.0 Å². The number of pyridine rings is 1. The summed E-state index contributed by atoms with van der Waals surface area (Å²) in [7, 11) is 0. The standard InChI is InChI=1S/C15H14BrFN2O/c16-11-1-4-14(13(17)8-11)20-15-7-10(5-6-18-15)9-19-12-2-3-12/h1,4-8,12,19H,2-3,9H2. The Morgan fingerprint density at radius 2 is 2.15 bits per heavy atom. The molecular weight excluding hydrogens is 323 g/mol. The van der Waals surface area contributed by atoms with Crippen LogP contribution in [0.3, 0.4) is 0 Å². The molecule has 5 heteroatoms. The van der Waals surface area contributed by atoms with Crippen LogP contribution in [-0.4, -0.2) is 11.0 Å². The normalized spacial score (nSPS) is 14.3. The van der Waals surface area contributed by atoms with Crippen molar-refractivity contribution < 1.29 is 9.13 Å². The van der Waals surface area contributed by atoms with Gasteiger partial charge < -0.3 is 10.1 Å². The van der Waals surface area contributed by atoms with Crippen molar-refractivity contribution in [3.8, 4) is 11.6 Å². The molecule has 1 heterocycles. The van der Waals surface area contributed by atoms with Gasteiger partial charge in [0.15, 0.2) is 11.6 Å². The predicted octanol–water partition coefficient (Wildman–Crippen LogP) is 4.03. The number of ether oxygens (including phenoxy) is 1. The number of benzene rings is 1. The molecule has 104 valence electrons. The minimum atomic E-state index is -0.414. The van der Waals surface area contributed by atoms with Crippen molar-refractivity contribution in [3.63, 3.8) is 0 Å². The van der Waals surface area contributed by atoms with E-state index in [9.17, 15) is 4.39 Å². The van der Waals surface area contributed by atoms with E-state index in [0.717, 1.165) is 12.1 Å². The van der Waals surface area contributed by atoms with E-state index in [1.165, 1.54) is 18.9 Å². The molecule has 0 atom stereocenters. The number of nitrogens with one attached hydrogen (secondary N) is 1. The molecule has 0 bridgehead atoms. The fraction of sp³-hybridized carbons (Fsp3) is 0.267. The van der Waals surface area contributed by atoms with Crippen LogP contribution in [0.1, 0.15) is 18.4 Å². The molecule has 0 aliphatic heterocycles. The average Bonchev–Trinajstić information content (AvgIpc) is 3.24. The molecule has 3 rings (SSSR count). The zero-order valence-electron chi connectivity index (χ0n) is 10.8. The second-order valence-corrected chi connectivity index (χ2v) is 5.75. The Morgan fingerprint density at radius 3 is 2.90 bits per heavy atom. The lowest BCUT2D eigenvalue weighted by Gasteiger charge is -2.08. The van der Waals surface area contributed by atoms with Gasteiger partial charge in [-0.15, -0.1) is 0 Å². The third kappa shape index (κ3) is 3.55. The summed E-state index contributed by atoms with van der Waals surface area (Å²) >= 11 is 3.21. The van der Waals surface area contributed by atoms with Gasteiger partial charge in [-0.05, 0) is 42.7 Å². The largest absolute Gasteiger partial charge is 0.436 e. The Labute approximate surface area is 125 Å². The quantitative estimate of drug-likeness (QED) is 0.895. The molecule has 0 unspecified atom stereocenters. The van der Waals surface area contributed by atoms with E-state index in [1.807, 2.05) is 12.1 Å². The van der Waals surface area contributed by atoms with Crippen molar-refractivity contribution in [3.05, 3.63) is 52.4 Å². The Morgan fingerprint density at radius 1 is 1.30 bits per heavy atom. The second-order valence-electron chi connectivity index (χ2n) is 4.83. The van der Waals surface area contributed by atoms with Crippen molar-refractivity contribution in [2.45, 2.75) is 25.4 Å². The van der Waals surface area contributed by atoms with Crippen LogP contribution < -0.4 is 10.1 Å². The topological polar surface area (TPSA) is 34.1 Å². The van der Waals surface area contributed by atoms with Gasteiger partial charge in [0.05, 0.1) is 0 Å². The SMILES string of the molecule is Fc1cc(Br)ccc1Oc1cc(CNC2CC2)ccn1. The number of nitrogens with zero attached hydrogens (tertiary/aromatic N) is 1. The van der Waals surface area contributed by atoms with E-state index < -0.39 is 5.82 Å². The summed E-state index contributed by atoms with van der Waals surface area (Å²) in [6.07, 6.45) is 4.17. The molecule has 0 spiro atoms. The molecule has 1 aliphatic rings. The van der Waals surface area contributed by atoms with E-state index in [-0.39, 0.29) is 5.75 Å². The molecular formula is C15H14BrFN2O. The number of hydrogen-bond donors (Lipinski definition) is 1. The molecule has 0 saturated heterocycles. The lowest BCUT2D eigenvalue weighted by molar-refractivity contribution is 0.426. The fourth-order valence-electron chi connectivity index (χ4n) is 1.84. The molecule has 0 amide bonds. The van der Waals surface area contributed by atoms with Crippen LogP contribution in [0.5, 0.6) is 11.6 Å². The smallest absolute Gasteiger partial charge is 0.219 e. The average molecular weight is 337 g/mol. The zero-order valence-corrected chi connectivity index (χ0v) is 12.4. The number of aromatic nitrogens is 1. The second kappa shape index (κ2) is 5.89. The van der Waals surface area contributed by atoms with Crippen molar-refractivity contribution in [2.75, 3.05) is 0 Å². The van der Waals surface area contributed by atoms with Gasteiger partial charge in [-0.25, -0.2) is 9.37 Å². The van der Waals surface area contributed by atoms with Gasteiger partial charge in [-0.2, -0.15) is 0 Å². The summed E-state index contributed by atoms with van der Waals surface area (Å²) in [4.78, 5) is 4.11. The van der Waals surface area contributed by atoms with Gasteiger partial charge in [0.1, 0.15) is 0 Å². The van der Waals surface area contributed by atoms with Crippen molar-refractivity contribution in [2.24, 2.45) is 0 Å². The minimum Gasteiger partial charge on any atom is -0.436 e. The molecule has 20 heavy (non-hydrogen) atoms. The van der Waals surface area contributed by atoms with Gasteiger partial charge in [0.25, 0.3) is 0 Å². The van der Waals surface area contributed by atoms with Crippen LogP contribution in [0, 0.1) is 5.82 Å². The van der Waals surface area contributed by atoms with Gasteiger partial charge in [-0.3, -0.25) is 0 Å². The van der Waals surface area contributed by atoms with Crippen LogP contribution in [0.25, 0.3) is 0 Å². The van der Waals surface area contributed by atoms with Crippen LogP contribution in [0.4, 0.5) is 4.39 Å². The molecule has 3 nitrogen and oxygen atoms in total. The van der Waals surface area contributed by atoms with E-state index >= 15 is 0 Å². The Bertz CT molecular complexity index is 617. The first-order valence-corrected chi connectivity index (χ1v) is 7.31. The third-order valence-corrected chi connectivity index (χ3v) is 3.57. The van der Waals surface area contributed by atoms with Crippen molar-refractivity contribution in [1.82, 2.24) is 10.3 Å². The van der Waals surface area contributed by atoms with Gasteiger partial charge in [0.2, 0.25) is 5.88 Å². The number of halogens is 2. The molecule has 1 aromatic heterocycles. The molecule has 1 saturated carbocycles. The molecule has 2 aromatic rings. The maximum Gasteiger partial charge on any atom is 0.219 e. The van der Waals surface area contributed by atoms with Gasteiger partial charge in [0, 0.05) is 29.3 Å². The van der Waals surface area contributed by atoms with E-state index in [1.54, 1.807) is 18.3 Å². The summed E-state index contributed by atoms with van der Waals surface area (Å²) in [6.45, 7) is 0.784. The lowest BCUT2D eigenvalue weighted by Crippen LogP contribution is -2.15. The summed E-state index contributed by atoms with van der Waals surface area (Å²) in [5.74, 6) is 0.164. The summed E-state index contributed by atoms with van der Waals surface area (Å²) in [6, 6.07) is 9.09. The fourth-order valence-corrected chi connectivity index (χ4v) is 2.17. The van der Waals surface area contributed by atoms with Crippen LogP contribution in [0.2, 0.25) is 0 Å². The monoisotopic (exact) mass is 336 g/mol. The highest BCUT2D eigenvalue weighted by Gasteiger charge is 2.20. The first-order chi connectivity index (χ1) is 9.70. The maximum absolute atomic E-state index is 13.7. The predicted molar refractivity (Wildman–Crippen MR) is 78.3 cm³/mol. The van der Waals surface area contributed by atoms with E-state index in [0.29, 0.717) is 16.4 Å². The van der Waals surface area contributed by atoms with E-state index in [4.69, 9.17) is 4.74 Å². The maximum atomic E-state index is 13.7. The van der Waals surface area contributed by atoms with Gasteiger partial charge in [-0.1, -0.05) is 15.9 Å².